The summed E-state index contributed by atoms with van der Waals surface area (Å²) < 4.78 is 7.68. The first kappa shape index (κ1) is 18.5. The summed E-state index contributed by atoms with van der Waals surface area (Å²) in [5.41, 5.74) is 2.20. The molecule has 7 heteroatoms. The van der Waals surface area contributed by atoms with Crippen molar-refractivity contribution in [2.24, 2.45) is 0 Å². The van der Waals surface area contributed by atoms with E-state index >= 15 is 0 Å². The zero-order valence-electron chi connectivity index (χ0n) is 16.9. The molecule has 0 saturated heterocycles. The summed E-state index contributed by atoms with van der Waals surface area (Å²) in [6, 6.07) is 10.1. The highest BCUT2D eigenvalue weighted by atomic mass is 16.5. The Bertz CT molecular complexity index is 998. The van der Waals surface area contributed by atoms with E-state index in [1.807, 2.05) is 38.7 Å². The van der Waals surface area contributed by atoms with E-state index in [2.05, 4.69) is 44.3 Å². The standard InChI is InChI=1S/C21H27N5O2/c1-14(18-23-19(24-28-18)21(2,3)4)22-20(27)25-10-7-11-26-16(13-25)12-15-8-5-6-9-17(15)26/h5-6,8-9,12,14H,7,10-11,13H2,1-4H3,(H,22,27). The molecule has 0 spiro atoms. The first-order chi connectivity index (χ1) is 13.3. The van der Waals surface area contributed by atoms with Crippen LogP contribution in [-0.4, -0.2) is 32.2 Å². The molecule has 2 amide bonds. The highest BCUT2D eigenvalue weighted by molar-refractivity contribution is 5.82. The number of rotatable bonds is 2. The fourth-order valence-electron chi connectivity index (χ4n) is 3.58. The molecular weight excluding hydrogens is 354 g/mol. The van der Waals surface area contributed by atoms with Crippen LogP contribution in [0.4, 0.5) is 4.79 Å². The Kier molecular flexibility index (Phi) is 4.61. The molecule has 0 radical (unpaired) electrons. The summed E-state index contributed by atoms with van der Waals surface area (Å²) in [5.74, 6) is 1.07. The highest BCUT2D eigenvalue weighted by Crippen LogP contribution is 2.24. The molecule has 0 aliphatic carbocycles. The van der Waals surface area contributed by atoms with Crippen molar-refractivity contribution in [2.75, 3.05) is 6.54 Å². The van der Waals surface area contributed by atoms with Gasteiger partial charge in [0, 0.05) is 29.7 Å². The minimum atomic E-state index is -0.342. The molecule has 148 valence electrons. The molecule has 1 atom stereocenters. The van der Waals surface area contributed by atoms with E-state index in [0.717, 1.165) is 18.7 Å². The molecular formula is C21H27N5O2. The zero-order chi connectivity index (χ0) is 19.9. The fraction of sp³-hybridized carbons (Fsp3) is 0.476. The lowest BCUT2D eigenvalue weighted by Crippen LogP contribution is -2.40. The van der Waals surface area contributed by atoms with Crippen LogP contribution in [0.15, 0.2) is 34.9 Å². The number of aryl methyl sites for hydroxylation is 1. The Morgan fingerprint density at radius 3 is 2.79 bits per heavy atom. The number of nitrogens with zero attached hydrogens (tertiary/aromatic N) is 4. The summed E-state index contributed by atoms with van der Waals surface area (Å²) in [6.07, 6.45) is 0.919. The Labute approximate surface area is 164 Å². The number of para-hydroxylation sites is 1. The number of carbonyl (C=O) groups excluding carboxylic acids is 1. The minimum absolute atomic E-state index is 0.110. The first-order valence-corrected chi connectivity index (χ1v) is 9.79. The van der Waals surface area contributed by atoms with E-state index in [-0.39, 0.29) is 17.5 Å². The van der Waals surface area contributed by atoms with Gasteiger partial charge in [0.25, 0.3) is 0 Å². The number of hydrogen-bond donors (Lipinski definition) is 1. The molecule has 1 N–H and O–H groups in total. The lowest BCUT2D eigenvalue weighted by Gasteiger charge is -2.22. The van der Waals surface area contributed by atoms with E-state index in [4.69, 9.17) is 4.52 Å². The first-order valence-electron chi connectivity index (χ1n) is 9.79. The van der Waals surface area contributed by atoms with Gasteiger partial charge in [-0.15, -0.1) is 0 Å². The van der Waals surface area contributed by atoms with Gasteiger partial charge in [-0.3, -0.25) is 0 Å². The summed E-state index contributed by atoms with van der Waals surface area (Å²) in [7, 11) is 0. The van der Waals surface area contributed by atoms with Crippen molar-refractivity contribution in [3.05, 3.63) is 47.7 Å². The maximum absolute atomic E-state index is 12.9. The second kappa shape index (κ2) is 6.96. The molecule has 3 aromatic rings. The largest absolute Gasteiger partial charge is 0.343 e. The van der Waals surface area contributed by atoms with Crippen molar-refractivity contribution >= 4 is 16.9 Å². The normalized spacial score (nSPS) is 15.9. The van der Waals surface area contributed by atoms with E-state index < -0.39 is 0 Å². The lowest BCUT2D eigenvalue weighted by molar-refractivity contribution is 0.189. The molecule has 0 fully saturated rings. The average Bonchev–Trinajstić information content (AvgIpc) is 3.21. The summed E-state index contributed by atoms with van der Waals surface area (Å²) in [6.45, 7) is 10.2. The zero-order valence-corrected chi connectivity index (χ0v) is 16.9. The lowest BCUT2D eigenvalue weighted by atomic mass is 9.96. The number of hydrogen-bond acceptors (Lipinski definition) is 4. The Morgan fingerprint density at radius 1 is 1.25 bits per heavy atom. The van der Waals surface area contributed by atoms with Crippen LogP contribution in [0.1, 0.15) is 57.6 Å². The van der Waals surface area contributed by atoms with Crippen LogP contribution in [-0.2, 0) is 18.5 Å². The molecule has 0 saturated carbocycles. The van der Waals surface area contributed by atoms with Gasteiger partial charge in [0.15, 0.2) is 5.82 Å². The van der Waals surface area contributed by atoms with Crippen LogP contribution < -0.4 is 5.32 Å². The topological polar surface area (TPSA) is 76.2 Å². The number of amides is 2. The van der Waals surface area contributed by atoms with Crippen LogP contribution in [0, 0.1) is 0 Å². The van der Waals surface area contributed by atoms with Gasteiger partial charge in [0.1, 0.15) is 6.04 Å². The summed E-state index contributed by atoms with van der Waals surface area (Å²) in [5, 5.41) is 8.26. The number of nitrogens with one attached hydrogen (secondary N) is 1. The number of urea groups is 1. The molecule has 1 aromatic carbocycles. The monoisotopic (exact) mass is 381 g/mol. The van der Waals surface area contributed by atoms with Crippen molar-refractivity contribution in [1.82, 2.24) is 24.9 Å². The van der Waals surface area contributed by atoms with Crippen molar-refractivity contribution < 1.29 is 9.32 Å². The Morgan fingerprint density at radius 2 is 2.04 bits per heavy atom. The van der Waals surface area contributed by atoms with E-state index in [1.165, 1.54) is 10.9 Å². The third-order valence-electron chi connectivity index (χ3n) is 5.17. The Hall–Kier alpha value is -2.83. The molecule has 7 nitrogen and oxygen atoms in total. The van der Waals surface area contributed by atoms with Crippen molar-refractivity contribution in [2.45, 2.75) is 58.7 Å². The van der Waals surface area contributed by atoms with Gasteiger partial charge in [0.05, 0.1) is 6.54 Å². The quantitative estimate of drug-likeness (QED) is 0.728. The predicted molar refractivity (Wildman–Crippen MR) is 107 cm³/mol. The Balaban J connectivity index is 1.48. The molecule has 1 unspecified atom stereocenters. The molecule has 1 aliphatic rings. The highest BCUT2D eigenvalue weighted by Gasteiger charge is 2.26. The number of fused-ring (bicyclic) bond motifs is 3. The van der Waals surface area contributed by atoms with Gasteiger partial charge in [-0.1, -0.05) is 44.1 Å². The number of carbonyl (C=O) groups is 1. The second-order valence-electron chi connectivity index (χ2n) is 8.50. The molecule has 0 bridgehead atoms. The average molecular weight is 381 g/mol. The number of aromatic nitrogens is 3. The molecule has 3 heterocycles. The van der Waals surface area contributed by atoms with Gasteiger partial charge in [-0.05, 0) is 30.9 Å². The SMILES string of the molecule is CC(NC(=O)N1CCCn2c(cc3ccccc32)C1)c1nc(C(C)(C)C)no1. The maximum Gasteiger partial charge on any atom is 0.318 e. The second-order valence-corrected chi connectivity index (χ2v) is 8.50. The minimum Gasteiger partial charge on any atom is -0.343 e. The maximum atomic E-state index is 12.9. The fourth-order valence-corrected chi connectivity index (χ4v) is 3.58. The molecule has 4 rings (SSSR count). The van der Waals surface area contributed by atoms with Crippen molar-refractivity contribution in [1.29, 1.82) is 0 Å². The van der Waals surface area contributed by atoms with Crippen molar-refractivity contribution in [3.8, 4) is 0 Å². The summed E-state index contributed by atoms with van der Waals surface area (Å²) in [4.78, 5) is 19.2. The predicted octanol–water partition coefficient (Wildman–Crippen LogP) is 4.00. The summed E-state index contributed by atoms with van der Waals surface area (Å²) >= 11 is 0. The van der Waals surface area contributed by atoms with E-state index in [0.29, 0.717) is 24.8 Å². The van der Waals surface area contributed by atoms with Gasteiger partial charge in [0.2, 0.25) is 5.89 Å². The van der Waals surface area contributed by atoms with E-state index in [1.54, 1.807) is 0 Å². The third-order valence-corrected chi connectivity index (χ3v) is 5.17. The van der Waals surface area contributed by atoms with Crippen LogP contribution in [0.2, 0.25) is 0 Å². The van der Waals surface area contributed by atoms with Crippen LogP contribution in [0.5, 0.6) is 0 Å². The van der Waals surface area contributed by atoms with Gasteiger partial charge >= 0.3 is 6.03 Å². The van der Waals surface area contributed by atoms with Crippen LogP contribution in [0.25, 0.3) is 10.9 Å². The molecule has 28 heavy (non-hydrogen) atoms. The number of benzene rings is 1. The molecule has 1 aliphatic heterocycles. The van der Waals surface area contributed by atoms with Gasteiger partial charge in [-0.25, -0.2) is 4.79 Å². The third kappa shape index (κ3) is 3.48. The smallest absolute Gasteiger partial charge is 0.318 e. The van der Waals surface area contributed by atoms with Gasteiger partial charge < -0.3 is 19.3 Å². The van der Waals surface area contributed by atoms with Crippen LogP contribution in [0.3, 0.4) is 0 Å². The van der Waals surface area contributed by atoms with Crippen molar-refractivity contribution in [3.63, 3.8) is 0 Å². The van der Waals surface area contributed by atoms with Gasteiger partial charge in [-0.2, -0.15) is 4.98 Å². The van der Waals surface area contributed by atoms with E-state index in [9.17, 15) is 4.79 Å². The van der Waals surface area contributed by atoms with Crippen LogP contribution >= 0.6 is 0 Å². The molecule has 2 aromatic heterocycles.